The smallest absolute Gasteiger partial charge is 0.256 e. The minimum Gasteiger partial charge on any atom is -0.380 e. The molecule has 1 spiro atoms. The Hall–Kier alpha value is -2.54. The first-order valence-electron chi connectivity index (χ1n) is 13.1. The topological polar surface area (TPSA) is 48.1 Å². The van der Waals surface area contributed by atoms with Crippen LogP contribution >= 0.6 is 11.6 Å². The molecule has 1 amide bonds. The minimum atomic E-state index is -0.0415. The summed E-state index contributed by atoms with van der Waals surface area (Å²) in [6.45, 7) is 10.1. The number of amides is 1. The molecule has 3 saturated heterocycles. The first-order valence-corrected chi connectivity index (χ1v) is 13.5. The number of hydrogen-bond donors (Lipinski definition) is 1. The Bertz CT molecular complexity index is 1180. The summed E-state index contributed by atoms with van der Waals surface area (Å²) < 4.78 is 5.57. The molecule has 3 heterocycles. The molecule has 1 unspecified atom stereocenters. The van der Waals surface area contributed by atoms with Gasteiger partial charge in [0.2, 0.25) is 0 Å². The second-order valence-electron chi connectivity index (χ2n) is 11.2. The monoisotopic (exact) mass is 506 g/mol. The molecular weight excluding hydrogens is 472 g/mol. The molecule has 1 N–H and O–H groups in total. The number of ether oxygens (including phenoxy) is 1. The van der Waals surface area contributed by atoms with E-state index >= 15 is 0 Å². The molecule has 36 heavy (non-hydrogen) atoms. The van der Waals surface area contributed by atoms with Gasteiger partial charge in [-0.1, -0.05) is 30.3 Å². The van der Waals surface area contributed by atoms with Crippen LogP contribution in [0.5, 0.6) is 0 Å². The molecule has 0 radical (unpaired) electrons. The van der Waals surface area contributed by atoms with E-state index in [9.17, 15) is 4.79 Å². The van der Waals surface area contributed by atoms with E-state index in [0.29, 0.717) is 17.5 Å². The van der Waals surface area contributed by atoms with Crippen LogP contribution in [0.3, 0.4) is 0 Å². The van der Waals surface area contributed by atoms with Gasteiger partial charge in [-0.15, -0.1) is 0 Å². The van der Waals surface area contributed by atoms with E-state index < -0.39 is 0 Å². The predicted octanol–water partition coefficient (Wildman–Crippen LogP) is 5.03. The van der Waals surface area contributed by atoms with E-state index in [0.717, 1.165) is 74.0 Å². The van der Waals surface area contributed by atoms with Crippen molar-refractivity contribution in [1.29, 1.82) is 0 Å². The van der Waals surface area contributed by atoms with Gasteiger partial charge in [0.15, 0.2) is 0 Å². The molecule has 1 aliphatic carbocycles. The number of anilines is 2. The van der Waals surface area contributed by atoms with E-state index in [4.69, 9.17) is 16.3 Å². The van der Waals surface area contributed by atoms with Crippen LogP contribution in [0.1, 0.15) is 41.2 Å². The molecular formula is C29H35ClN4O2. The van der Waals surface area contributed by atoms with Crippen molar-refractivity contribution in [3.05, 3.63) is 70.9 Å². The summed E-state index contributed by atoms with van der Waals surface area (Å²) in [5.41, 5.74) is 5.18. The third-order valence-corrected chi connectivity index (χ3v) is 8.51. The van der Waals surface area contributed by atoms with Gasteiger partial charge in [-0.05, 0) is 68.1 Å². The zero-order chi connectivity index (χ0) is 24.9. The Morgan fingerprint density at radius 1 is 1.14 bits per heavy atom. The SMILES string of the molecule is C=C(Nc1ccc(C(=O)N2CCN(C)CC2c2cccc(Cl)c2)c(N2CCC3(COC3)C2)c1)C1CC1. The number of nitrogens with zero attached hydrogens (tertiary/aromatic N) is 3. The van der Waals surface area contributed by atoms with Gasteiger partial charge < -0.3 is 24.8 Å². The van der Waals surface area contributed by atoms with Crippen LogP contribution in [-0.4, -0.2) is 68.7 Å². The molecule has 0 bridgehead atoms. The van der Waals surface area contributed by atoms with Crippen LogP contribution in [0.4, 0.5) is 11.4 Å². The van der Waals surface area contributed by atoms with E-state index in [2.05, 4.69) is 40.9 Å². The summed E-state index contributed by atoms with van der Waals surface area (Å²) in [6.07, 6.45) is 3.52. The third kappa shape index (κ3) is 4.62. The van der Waals surface area contributed by atoms with Crippen molar-refractivity contribution in [2.45, 2.75) is 25.3 Å². The molecule has 2 aromatic carbocycles. The Kier molecular flexibility index (Phi) is 6.22. The average Bonchev–Trinajstić information content (AvgIpc) is 3.60. The number of rotatable bonds is 6. The number of piperazine rings is 1. The van der Waals surface area contributed by atoms with Crippen molar-refractivity contribution in [3.63, 3.8) is 0 Å². The van der Waals surface area contributed by atoms with Crippen LogP contribution < -0.4 is 10.2 Å². The van der Waals surface area contributed by atoms with Gasteiger partial charge in [0.05, 0.1) is 30.5 Å². The molecule has 6 rings (SSSR count). The Morgan fingerprint density at radius 3 is 2.67 bits per heavy atom. The largest absolute Gasteiger partial charge is 0.380 e. The summed E-state index contributed by atoms with van der Waals surface area (Å²) in [6, 6.07) is 14.1. The van der Waals surface area contributed by atoms with Gasteiger partial charge in [0, 0.05) is 54.5 Å². The lowest BCUT2D eigenvalue weighted by molar-refractivity contribution is -0.0985. The van der Waals surface area contributed by atoms with Crippen molar-refractivity contribution in [3.8, 4) is 0 Å². The average molecular weight is 507 g/mol. The molecule has 3 aliphatic heterocycles. The molecule has 4 aliphatic rings. The van der Waals surface area contributed by atoms with Crippen LogP contribution in [-0.2, 0) is 4.74 Å². The van der Waals surface area contributed by atoms with Gasteiger partial charge in [-0.3, -0.25) is 4.79 Å². The van der Waals surface area contributed by atoms with Gasteiger partial charge in [0.1, 0.15) is 0 Å². The molecule has 1 saturated carbocycles. The zero-order valence-corrected chi connectivity index (χ0v) is 21.8. The normalized spacial score (nSPS) is 23.6. The lowest BCUT2D eigenvalue weighted by Crippen LogP contribution is -2.49. The van der Waals surface area contributed by atoms with E-state index in [1.54, 1.807) is 0 Å². The van der Waals surface area contributed by atoms with Crippen molar-refractivity contribution >= 4 is 28.9 Å². The van der Waals surface area contributed by atoms with Crippen molar-refractivity contribution < 1.29 is 9.53 Å². The Labute approximate surface area is 218 Å². The third-order valence-electron chi connectivity index (χ3n) is 8.28. The van der Waals surface area contributed by atoms with E-state index in [-0.39, 0.29) is 17.4 Å². The number of nitrogens with one attached hydrogen (secondary N) is 1. The standard InChI is InChI=1S/C29H35ClN4O2/c1-20(21-6-7-21)31-24-8-9-25(26(15-24)33-11-10-29(17-33)18-36-19-29)28(35)34-13-12-32(2)16-27(34)22-4-3-5-23(30)14-22/h3-5,8-9,14-15,21,27,31H,1,6-7,10-13,16-19H2,2H3. The second-order valence-corrected chi connectivity index (χ2v) is 11.6. The number of hydrogen-bond acceptors (Lipinski definition) is 5. The first-order chi connectivity index (χ1) is 17.4. The fourth-order valence-corrected chi connectivity index (χ4v) is 6.05. The first kappa shape index (κ1) is 23.8. The molecule has 4 fully saturated rings. The quantitative estimate of drug-likeness (QED) is 0.595. The van der Waals surface area contributed by atoms with Gasteiger partial charge in [-0.2, -0.15) is 0 Å². The number of allylic oxidation sites excluding steroid dienone is 1. The van der Waals surface area contributed by atoms with Crippen LogP contribution in [0, 0.1) is 11.3 Å². The highest BCUT2D eigenvalue weighted by Crippen LogP contribution is 2.42. The highest BCUT2D eigenvalue weighted by atomic mass is 35.5. The molecule has 7 heteroatoms. The molecule has 190 valence electrons. The lowest BCUT2D eigenvalue weighted by Gasteiger charge is -2.41. The number of carbonyl (C=O) groups is 1. The predicted molar refractivity (Wildman–Crippen MR) is 145 cm³/mol. The number of benzene rings is 2. The minimum absolute atomic E-state index is 0.0415. The number of halogens is 1. The molecule has 1 atom stereocenters. The van der Waals surface area contributed by atoms with Crippen molar-refractivity contribution in [1.82, 2.24) is 9.80 Å². The summed E-state index contributed by atoms with van der Waals surface area (Å²) in [5, 5.41) is 4.22. The summed E-state index contributed by atoms with van der Waals surface area (Å²) >= 11 is 6.34. The molecule has 2 aromatic rings. The van der Waals surface area contributed by atoms with Crippen LogP contribution in [0.25, 0.3) is 0 Å². The summed E-state index contributed by atoms with van der Waals surface area (Å²) in [4.78, 5) is 21.0. The fourth-order valence-electron chi connectivity index (χ4n) is 5.85. The maximum Gasteiger partial charge on any atom is 0.256 e. The van der Waals surface area contributed by atoms with Crippen LogP contribution in [0.15, 0.2) is 54.7 Å². The van der Waals surface area contributed by atoms with Crippen molar-refractivity contribution in [2.24, 2.45) is 11.3 Å². The van der Waals surface area contributed by atoms with E-state index in [1.807, 2.05) is 35.2 Å². The second kappa shape index (κ2) is 9.40. The van der Waals surface area contributed by atoms with Crippen LogP contribution in [0.2, 0.25) is 5.02 Å². The van der Waals surface area contributed by atoms with Gasteiger partial charge in [0.25, 0.3) is 5.91 Å². The highest BCUT2D eigenvalue weighted by Gasteiger charge is 2.45. The molecule has 0 aromatic heterocycles. The highest BCUT2D eigenvalue weighted by molar-refractivity contribution is 6.30. The van der Waals surface area contributed by atoms with Gasteiger partial charge in [-0.25, -0.2) is 0 Å². The molecule has 6 nitrogen and oxygen atoms in total. The maximum absolute atomic E-state index is 14.2. The Morgan fingerprint density at radius 2 is 1.97 bits per heavy atom. The maximum atomic E-state index is 14.2. The summed E-state index contributed by atoms with van der Waals surface area (Å²) in [5.74, 6) is 0.655. The van der Waals surface area contributed by atoms with Crippen molar-refractivity contribution in [2.75, 3.05) is 63.2 Å². The fraction of sp³-hybridized carbons (Fsp3) is 0.483. The zero-order valence-electron chi connectivity index (χ0n) is 21.0. The van der Waals surface area contributed by atoms with Gasteiger partial charge >= 0.3 is 0 Å². The van der Waals surface area contributed by atoms with E-state index in [1.165, 1.54) is 12.8 Å². The summed E-state index contributed by atoms with van der Waals surface area (Å²) in [7, 11) is 2.11. The number of carbonyl (C=O) groups excluding carboxylic acids is 1. The Balaban J connectivity index is 1.33. The number of likely N-dealkylation sites (N-methyl/N-ethyl adjacent to an activating group) is 1. The lowest BCUT2D eigenvalue weighted by atomic mass is 9.85.